The van der Waals surface area contributed by atoms with Gasteiger partial charge in [0.2, 0.25) is 0 Å². The normalized spacial score (nSPS) is 14.2. The van der Waals surface area contributed by atoms with Gasteiger partial charge in [-0.05, 0) is 54.1 Å². The lowest BCUT2D eigenvalue weighted by molar-refractivity contribution is 0.0697. The summed E-state index contributed by atoms with van der Waals surface area (Å²) in [5.41, 5.74) is 6.71. The second kappa shape index (κ2) is 9.39. The quantitative estimate of drug-likeness (QED) is 0.376. The molecule has 0 bridgehead atoms. The molecule has 4 heterocycles. The number of carbonyl (C=O) groups excluding carboxylic acids is 1. The predicted octanol–water partition coefficient (Wildman–Crippen LogP) is 4.84. The first-order valence-electron chi connectivity index (χ1n) is 12.1. The molecule has 36 heavy (non-hydrogen) atoms. The maximum atomic E-state index is 13.1. The average Bonchev–Trinajstić information content (AvgIpc) is 3.29. The number of nitrogens with one attached hydrogen (secondary N) is 2. The van der Waals surface area contributed by atoms with E-state index in [0.717, 1.165) is 46.2 Å². The van der Waals surface area contributed by atoms with Gasteiger partial charge in [0.05, 0.1) is 28.5 Å². The Morgan fingerprint density at radius 3 is 2.78 bits per heavy atom. The van der Waals surface area contributed by atoms with Crippen LogP contribution in [0.2, 0.25) is 0 Å². The first-order valence-corrected chi connectivity index (χ1v) is 12.1. The molecule has 180 valence electrons. The summed E-state index contributed by atoms with van der Waals surface area (Å²) in [6.07, 6.45) is 10.4. The van der Waals surface area contributed by atoms with Crippen LogP contribution in [0.3, 0.4) is 0 Å². The maximum absolute atomic E-state index is 13.1. The number of aromatic nitrogens is 4. The lowest BCUT2D eigenvalue weighted by atomic mass is 10.0. The first-order chi connectivity index (χ1) is 17.7. The molecule has 2 aromatic carbocycles. The van der Waals surface area contributed by atoms with Crippen molar-refractivity contribution in [2.24, 2.45) is 7.05 Å². The Labute approximate surface area is 208 Å². The lowest BCUT2D eigenvalue weighted by Crippen LogP contribution is -2.39. The molecule has 0 aliphatic carbocycles. The van der Waals surface area contributed by atoms with Crippen LogP contribution in [-0.2, 0) is 11.8 Å². The summed E-state index contributed by atoms with van der Waals surface area (Å²) in [7, 11) is 2.04. The molecular weight excluding hydrogens is 452 g/mol. The van der Waals surface area contributed by atoms with Gasteiger partial charge in [-0.25, -0.2) is 0 Å². The fourth-order valence-corrected chi connectivity index (χ4v) is 4.75. The largest absolute Gasteiger partial charge is 0.381 e. The summed E-state index contributed by atoms with van der Waals surface area (Å²) in [5, 5.41) is 7.73. The molecule has 0 saturated carbocycles. The van der Waals surface area contributed by atoms with E-state index >= 15 is 0 Å². The number of rotatable bonds is 5. The van der Waals surface area contributed by atoms with Gasteiger partial charge in [-0.3, -0.25) is 19.7 Å². The lowest BCUT2D eigenvalue weighted by Gasteiger charge is -2.23. The molecular formula is C28H26N6O2. The molecule has 6 rings (SSSR count). The van der Waals surface area contributed by atoms with Crippen LogP contribution in [0.1, 0.15) is 23.2 Å². The molecule has 0 unspecified atom stereocenters. The molecule has 1 aliphatic heterocycles. The van der Waals surface area contributed by atoms with Gasteiger partial charge >= 0.3 is 0 Å². The second-order valence-electron chi connectivity index (χ2n) is 9.05. The molecule has 5 aromatic rings. The summed E-state index contributed by atoms with van der Waals surface area (Å²) >= 11 is 0. The number of hydrogen-bond acceptors (Lipinski definition) is 6. The molecule has 0 radical (unpaired) electrons. The van der Waals surface area contributed by atoms with Crippen molar-refractivity contribution in [3.8, 4) is 11.1 Å². The van der Waals surface area contributed by atoms with Crippen molar-refractivity contribution in [2.45, 2.75) is 18.9 Å². The van der Waals surface area contributed by atoms with E-state index in [0.29, 0.717) is 24.5 Å². The monoisotopic (exact) mass is 478 g/mol. The third kappa shape index (κ3) is 4.27. The Hall–Kier alpha value is -4.30. The fraction of sp³-hybridized carbons (Fsp3) is 0.214. The van der Waals surface area contributed by atoms with Crippen LogP contribution in [0.4, 0.5) is 11.4 Å². The van der Waals surface area contributed by atoms with Gasteiger partial charge in [0.1, 0.15) is 0 Å². The van der Waals surface area contributed by atoms with E-state index < -0.39 is 0 Å². The van der Waals surface area contributed by atoms with E-state index in [-0.39, 0.29) is 11.9 Å². The minimum Gasteiger partial charge on any atom is -0.381 e. The van der Waals surface area contributed by atoms with Crippen LogP contribution in [0.15, 0.2) is 73.4 Å². The van der Waals surface area contributed by atoms with Crippen LogP contribution >= 0.6 is 0 Å². The standard InChI is InChI=1S/C28H26N6O2/c1-34-11-5-18-2-3-19(14-26(18)34)23-15-21(16-24-27(23)31-10-9-30-24)32-25-17-29-8-4-22(25)28(35)33-20-6-12-36-13-7-20/h2-5,8-11,14-17,20,32H,6-7,12-13H2,1H3,(H,33,35). The number of benzene rings is 2. The van der Waals surface area contributed by atoms with Gasteiger partial charge < -0.3 is 19.9 Å². The van der Waals surface area contributed by atoms with Crippen LogP contribution < -0.4 is 10.6 Å². The third-order valence-corrected chi connectivity index (χ3v) is 6.67. The SMILES string of the molecule is Cn1ccc2ccc(-c3cc(Nc4cnccc4C(=O)NC4CCOCC4)cc4nccnc34)cc21. The summed E-state index contributed by atoms with van der Waals surface area (Å²) in [5.74, 6) is -0.123. The minimum atomic E-state index is -0.123. The molecule has 8 nitrogen and oxygen atoms in total. The number of pyridine rings is 1. The topological polar surface area (TPSA) is 94.0 Å². The number of amides is 1. The molecule has 3 aromatic heterocycles. The number of ether oxygens (including phenoxy) is 1. The highest BCUT2D eigenvalue weighted by Gasteiger charge is 2.19. The molecule has 1 fully saturated rings. The van der Waals surface area contributed by atoms with E-state index in [1.54, 1.807) is 30.9 Å². The van der Waals surface area contributed by atoms with Crippen molar-refractivity contribution < 1.29 is 9.53 Å². The van der Waals surface area contributed by atoms with Crippen LogP contribution in [-0.4, -0.2) is 44.7 Å². The Morgan fingerprint density at radius 1 is 1.03 bits per heavy atom. The maximum Gasteiger partial charge on any atom is 0.253 e. The van der Waals surface area contributed by atoms with Crippen molar-refractivity contribution in [3.63, 3.8) is 0 Å². The first kappa shape index (κ1) is 22.2. The molecule has 1 amide bonds. The molecule has 2 N–H and O–H groups in total. The Morgan fingerprint density at radius 2 is 1.89 bits per heavy atom. The second-order valence-corrected chi connectivity index (χ2v) is 9.05. The van der Waals surface area contributed by atoms with Gasteiger partial charge in [-0.1, -0.05) is 12.1 Å². The average molecular weight is 479 g/mol. The van der Waals surface area contributed by atoms with Gasteiger partial charge in [0, 0.05) is 67.9 Å². The summed E-state index contributed by atoms with van der Waals surface area (Å²) in [6, 6.07) is 14.3. The number of carbonyl (C=O) groups is 1. The van der Waals surface area contributed by atoms with Gasteiger partial charge in [0.25, 0.3) is 5.91 Å². The third-order valence-electron chi connectivity index (χ3n) is 6.67. The predicted molar refractivity (Wildman–Crippen MR) is 140 cm³/mol. The molecule has 0 atom stereocenters. The van der Waals surface area contributed by atoms with Gasteiger partial charge in [0.15, 0.2) is 0 Å². The smallest absolute Gasteiger partial charge is 0.253 e. The van der Waals surface area contributed by atoms with E-state index in [4.69, 9.17) is 4.74 Å². The molecule has 8 heteroatoms. The summed E-state index contributed by atoms with van der Waals surface area (Å²) < 4.78 is 7.52. The zero-order chi connectivity index (χ0) is 24.5. The van der Waals surface area contributed by atoms with Crippen molar-refractivity contribution >= 4 is 39.2 Å². The number of nitrogens with zero attached hydrogens (tertiary/aromatic N) is 4. The van der Waals surface area contributed by atoms with Crippen molar-refractivity contribution in [1.82, 2.24) is 24.8 Å². The van der Waals surface area contributed by atoms with E-state index in [1.807, 2.05) is 19.2 Å². The highest BCUT2D eigenvalue weighted by molar-refractivity contribution is 6.01. The molecule has 0 spiro atoms. The van der Waals surface area contributed by atoms with Crippen molar-refractivity contribution in [1.29, 1.82) is 0 Å². The van der Waals surface area contributed by atoms with E-state index in [1.165, 1.54) is 5.39 Å². The van der Waals surface area contributed by atoms with Crippen molar-refractivity contribution in [3.05, 3.63) is 79.0 Å². The van der Waals surface area contributed by atoms with E-state index in [2.05, 4.69) is 60.6 Å². The Bertz CT molecular complexity index is 1570. The highest BCUT2D eigenvalue weighted by atomic mass is 16.5. The highest BCUT2D eigenvalue weighted by Crippen LogP contribution is 2.33. The number of aryl methyl sites for hydroxylation is 1. The number of fused-ring (bicyclic) bond motifs is 2. The Kier molecular flexibility index (Phi) is 5.79. The van der Waals surface area contributed by atoms with Crippen LogP contribution in [0.25, 0.3) is 33.1 Å². The van der Waals surface area contributed by atoms with Crippen molar-refractivity contribution in [2.75, 3.05) is 18.5 Å². The fourth-order valence-electron chi connectivity index (χ4n) is 4.75. The summed E-state index contributed by atoms with van der Waals surface area (Å²) in [4.78, 5) is 26.6. The number of anilines is 2. The minimum absolute atomic E-state index is 0.113. The van der Waals surface area contributed by atoms with E-state index in [9.17, 15) is 4.79 Å². The van der Waals surface area contributed by atoms with Gasteiger partial charge in [-0.15, -0.1) is 0 Å². The zero-order valence-corrected chi connectivity index (χ0v) is 19.9. The van der Waals surface area contributed by atoms with Crippen LogP contribution in [0.5, 0.6) is 0 Å². The zero-order valence-electron chi connectivity index (χ0n) is 19.9. The molecule has 1 saturated heterocycles. The number of hydrogen-bond donors (Lipinski definition) is 2. The van der Waals surface area contributed by atoms with Crippen LogP contribution in [0, 0.1) is 0 Å². The molecule has 1 aliphatic rings. The van der Waals surface area contributed by atoms with Gasteiger partial charge in [-0.2, -0.15) is 0 Å². The summed E-state index contributed by atoms with van der Waals surface area (Å²) in [6.45, 7) is 1.34. The Balaban J connectivity index is 1.37.